The molecule has 3 N–H and O–H groups in total. The van der Waals surface area contributed by atoms with Crippen molar-refractivity contribution in [1.82, 2.24) is 4.72 Å². The van der Waals surface area contributed by atoms with Crippen molar-refractivity contribution in [2.24, 2.45) is 5.73 Å². The Labute approximate surface area is 110 Å². The largest absolute Gasteiger partial charge is 0.329 e. The van der Waals surface area contributed by atoms with Gasteiger partial charge in [0, 0.05) is 12.1 Å². The summed E-state index contributed by atoms with van der Waals surface area (Å²) in [5.41, 5.74) is 6.19. The number of aryl methyl sites for hydroxylation is 1. The second-order valence-corrected chi connectivity index (χ2v) is 6.29. The van der Waals surface area contributed by atoms with Crippen LogP contribution >= 0.6 is 0 Å². The predicted molar refractivity (Wildman–Crippen MR) is 73.9 cm³/mol. The van der Waals surface area contributed by atoms with E-state index in [2.05, 4.69) is 4.72 Å². The predicted octanol–water partition coefficient (Wildman–Crippen LogP) is 1.79. The number of rotatable bonds is 6. The molecular weight excluding hydrogens is 248 g/mol. The maximum Gasteiger partial charge on any atom is 0.241 e. The molecule has 0 unspecified atom stereocenters. The smallest absolute Gasteiger partial charge is 0.241 e. The van der Waals surface area contributed by atoms with Gasteiger partial charge in [-0.25, -0.2) is 13.1 Å². The van der Waals surface area contributed by atoms with Crippen LogP contribution in [0.15, 0.2) is 29.2 Å². The van der Waals surface area contributed by atoms with Crippen molar-refractivity contribution in [1.29, 1.82) is 0 Å². The molecule has 0 saturated heterocycles. The summed E-state index contributed by atoms with van der Waals surface area (Å²) in [7, 11) is -3.50. The fraction of sp³-hybridized carbons (Fsp3) is 0.538. The van der Waals surface area contributed by atoms with Crippen LogP contribution in [0.25, 0.3) is 0 Å². The average Bonchev–Trinajstić information content (AvgIpc) is 2.37. The second-order valence-electron chi connectivity index (χ2n) is 4.61. The molecule has 0 bridgehead atoms. The quantitative estimate of drug-likeness (QED) is 0.828. The highest BCUT2D eigenvalue weighted by Gasteiger charge is 2.30. The van der Waals surface area contributed by atoms with Crippen LogP contribution in [0.5, 0.6) is 0 Å². The van der Waals surface area contributed by atoms with E-state index in [-0.39, 0.29) is 4.90 Å². The lowest BCUT2D eigenvalue weighted by molar-refractivity contribution is 0.363. The van der Waals surface area contributed by atoms with E-state index in [9.17, 15) is 8.42 Å². The summed E-state index contributed by atoms with van der Waals surface area (Å²) in [6.45, 7) is 6.10. The van der Waals surface area contributed by atoms with Crippen molar-refractivity contribution in [2.45, 2.75) is 44.0 Å². The van der Waals surface area contributed by atoms with Gasteiger partial charge in [-0.05, 0) is 31.9 Å². The highest BCUT2D eigenvalue weighted by Crippen LogP contribution is 2.18. The van der Waals surface area contributed by atoms with Crippen molar-refractivity contribution >= 4 is 10.0 Å². The van der Waals surface area contributed by atoms with Crippen LogP contribution in [-0.2, 0) is 10.0 Å². The van der Waals surface area contributed by atoms with Gasteiger partial charge < -0.3 is 5.73 Å². The SMILES string of the molecule is CCC(CC)(CN)NS(=O)(=O)c1ccc(C)cc1. The zero-order valence-corrected chi connectivity index (χ0v) is 12.0. The van der Waals surface area contributed by atoms with Gasteiger partial charge in [-0.3, -0.25) is 0 Å². The van der Waals surface area contributed by atoms with E-state index in [1.165, 1.54) is 0 Å². The van der Waals surface area contributed by atoms with E-state index < -0.39 is 15.6 Å². The van der Waals surface area contributed by atoms with E-state index in [1.807, 2.05) is 20.8 Å². The van der Waals surface area contributed by atoms with Crippen molar-refractivity contribution in [3.8, 4) is 0 Å². The third-order valence-corrected chi connectivity index (χ3v) is 5.02. The molecule has 0 aliphatic carbocycles. The number of sulfonamides is 1. The van der Waals surface area contributed by atoms with Crippen LogP contribution < -0.4 is 10.5 Å². The molecule has 1 aromatic rings. The summed E-state index contributed by atoms with van der Waals surface area (Å²) in [4.78, 5) is 0.285. The third kappa shape index (κ3) is 3.31. The number of benzene rings is 1. The van der Waals surface area contributed by atoms with Crippen molar-refractivity contribution in [2.75, 3.05) is 6.54 Å². The van der Waals surface area contributed by atoms with Gasteiger partial charge in [0.15, 0.2) is 0 Å². The first-order valence-electron chi connectivity index (χ1n) is 6.20. The molecule has 0 aliphatic rings. The molecule has 1 rings (SSSR count). The highest BCUT2D eigenvalue weighted by molar-refractivity contribution is 7.89. The lowest BCUT2D eigenvalue weighted by Crippen LogP contribution is -2.52. The zero-order valence-electron chi connectivity index (χ0n) is 11.2. The first-order valence-corrected chi connectivity index (χ1v) is 7.68. The molecule has 0 spiro atoms. The Hall–Kier alpha value is -0.910. The zero-order chi connectivity index (χ0) is 13.8. The lowest BCUT2D eigenvalue weighted by Gasteiger charge is -2.30. The van der Waals surface area contributed by atoms with Gasteiger partial charge in [0.2, 0.25) is 10.0 Å². The van der Waals surface area contributed by atoms with E-state index in [1.54, 1.807) is 24.3 Å². The molecule has 0 radical (unpaired) electrons. The van der Waals surface area contributed by atoms with Gasteiger partial charge in [0.25, 0.3) is 0 Å². The Balaban J connectivity index is 3.04. The fourth-order valence-corrected chi connectivity index (χ4v) is 3.34. The first-order chi connectivity index (χ1) is 8.39. The minimum Gasteiger partial charge on any atom is -0.329 e. The van der Waals surface area contributed by atoms with Crippen LogP contribution in [-0.4, -0.2) is 20.5 Å². The van der Waals surface area contributed by atoms with Gasteiger partial charge in [-0.15, -0.1) is 0 Å². The average molecular weight is 270 g/mol. The molecule has 0 aromatic heterocycles. The molecule has 1 aromatic carbocycles. The number of nitrogens with two attached hydrogens (primary N) is 1. The molecule has 0 amide bonds. The van der Waals surface area contributed by atoms with Crippen molar-refractivity contribution < 1.29 is 8.42 Å². The molecule has 0 atom stereocenters. The molecule has 18 heavy (non-hydrogen) atoms. The maximum atomic E-state index is 12.3. The van der Waals surface area contributed by atoms with E-state index in [0.29, 0.717) is 19.4 Å². The van der Waals surface area contributed by atoms with Gasteiger partial charge >= 0.3 is 0 Å². The molecule has 4 nitrogen and oxygen atoms in total. The standard InChI is InChI=1S/C13H22N2O2S/c1-4-13(5-2,10-14)15-18(16,17)12-8-6-11(3)7-9-12/h6-9,15H,4-5,10,14H2,1-3H3. The first kappa shape index (κ1) is 15.1. The van der Waals surface area contributed by atoms with E-state index >= 15 is 0 Å². The Kier molecular flexibility index (Phi) is 4.90. The minimum absolute atomic E-state index is 0.285. The molecule has 0 aliphatic heterocycles. The van der Waals surface area contributed by atoms with Gasteiger partial charge in [-0.1, -0.05) is 31.5 Å². The fourth-order valence-electron chi connectivity index (χ4n) is 1.79. The van der Waals surface area contributed by atoms with Crippen LogP contribution in [0.4, 0.5) is 0 Å². The Bertz CT molecular complexity index is 468. The maximum absolute atomic E-state index is 12.3. The summed E-state index contributed by atoms with van der Waals surface area (Å²) < 4.78 is 27.3. The van der Waals surface area contributed by atoms with Gasteiger partial charge in [-0.2, -0.15) is 0 Å². The van der Waals surface area contributed by atoms with Gasteiger partial charge in [0.05, 0.1) is 4.90 Å². The Morgan fingerprint density at radius 1 is 1.17 bits per heavy atom. The summed E-state index contributed by atoms with van der Waals surface area (Å²) >= 11 is 0. The van der Waals surface area contributed by atoms with Crippen molar-refractivity contribution in [3.63, 3.8) is 0 Å². The van der Waals surface area contributed by atoms with Crippen LogP contribution in [0.3, 0.4) is 0 Å². The molecule has 5 heteroatoms. The van der Waals surface area contributed by atoms with E-state index in [0.717, 1.165) is 5.56 Å². The van der Waals surface area contributed by atoms with Crippen LogP contribution in [0.2, 0.25) is 0 Å². The van der Waals surface area contributed by atoms with Crippen LogP contribution in [0.1, 0.15) is 32.3 Å². The van der Waals surface area contributed by atoms with Gasteiger partial charge in [0.1, 0.15) is 0 Å². The topological polar surface area (TPSA) is 72.2 Å². The monoisotopic (exact) mass is 270 g/mol. The number of hydrogen-bond acceptors (Lipinski definition) is 3. The molecule has 0 saturated carbocycles. The summed E-state index contributed by atoms with van der Waals surface area (Å²) in [6, 6.07) is 6.81. The molecule has 0 heterocycles. The Morgan fingerprint density at radius 2 is 1.67 bits per heavy atom. The Morgan fingerprint density at radius 3 is 2.06 bits per heavy atom. The molecule has 0 fully saturated rings. The molecule has 102 valence electrons. The molecular formula is C13H22N2O2S. The number of hydrogen-bond donors (Lipinski definition) is 2. The number of nitrogens with one attached hydrogen (secondary N) is 1. The van der Waals surface area contributed by atoms with E-state index in [4.69, 9.17) is 5.73 Å². The summed E-state index contributed by atoms with van der Waals surface area (Å²) in [5.74, 6) is 0. The summed E-state index contributed by atoms with van der Waals surface area (Å²) in [6.07, 6.45) is 1.34. The van der Waals surface area contributed by atoms with Crippen molar-refractivity contribution in [3.05, 3.63) is 29.8 Å². The highest BCUT2D eigenvalue weighted by atomic mass is 32.2. The second kappa shape index (κ2) is 5.82. The van der Waals surface area contributed by atoms with Crippen LogP contribution in [0, 0.1) is 6.92 Å². The normalized spacial score (nSPS) is 12.7. The summed E-state index contributed by atoms with van der Waals surface area (Å²) in [5, 5.41) is 0. The minimum atomic E-state index is -3.50. The lowest BCUT2D eigenvalue weighted by atomic mass is 9.95. The third-order valence-electron chi connectivity index (χ3n) is 3.43.